The van der Waals surface area contributed by atoms with Gasteiger partial charge < -0.3 is 14.0 Å². The van der Waals surface area contributed by atoms with Gasteiger partial charge in [-0.2, -0.15) is 8.42 Å². The van der Waals surface area contributed by atoms with E-state index in [0.29, 0.717) is 18.8 Å². The van der Waals surface area contributed by atoms with Crippen molar-refractivity contribution in [3.8, 4) is 0 Å². The molecule has 0 aromatic heterocycles. The van der Waals surface area contributed by atoms with Gasteiger partial charge in [0.1, 0.15) is 6.10 Å². The summed E-state index contributed by atoms with van der Waals surface area (Å²) in [5, 5.41) is 8.48. The molecule has 1 fully saturated rings. The predicted octanol–water partition coefficient (Wildman–Crippen LogP) is 1.38. The Balaban J connectivity index is 0.00000361. The molecule has 2 unspecified atom stereocenters. The maximum atomic E-state index is 11.3. The van der Waals surface area contributed by atoms with Gasteiger partial charge in [-0.15, -0.1) is 0 Å². The molecule has 114 valence electrons. The Morgan fingerprint density at radius 3 is 2.55 bits per heavy atom. The zero-order valence-corrected chi connectivity index (χ0v) is 12.4. The molecule has 20 heavy (non-hydrogen) atoms. The number of rotatable bonds is 4. The Morgan fingerprint density at radius 1 is 1.45 bits per heavy atom. The van der Waals surface area contributed by atoms with Crippen molar-refractivity contribution in [2.45, 2.75) is 52.6 Å². The van der Waals surface area contributed by atoms with Crippen molar-refractivity contribution in [2.24, 2.45) is 11.3 Å². The third kappa shape index (κ3) is 5.89. The fraction of sp³-hybridized carbons (Fsp3) is 0.917. The Kier molecular flexibility index (Phi) is 8.05. The summed E-state index contributed by atoms with van der Waals surface area (Å²) in [5.74, 6) is -0.785. The molecule has 0 heterocycles. The monoisotopic (exact) mass is 318 g/mol. The van der Waals surface area contributed by atoms with Crippen LogP contribution in [-0.4, -0.2) is 61.3 Å². The molecule has 0 bridgehead atoms. The number of ether oxygens (including phenoxy) is 1. The second-order valence-corrected chi connectivity index (χ2v) is 7.21. The van der Waals surface area contributed by atoms with Crippen molar-refractivity contribution in [1.82, 2.24) is 0 Å². The van der Waals surface area contributed by atoms with Crippen LogP contribution in [0.4, 0.5) is 4.79 Å². The molecular formula is C12H23NaO6S. The van der Waals surface area contributed by atoms with E-state index in [9.17, 15) is 13.2 Å². The third-order valence-electron chi connectivity index (χ3n) is 3.98. The molecule has 1 saturated carbocycles. The van der Waals surface area contributed by atoms with Gasteiger partial charge in [0.05, 0.1) is 0 Å². The Labute approximate surface area is 142 Å². The third-order valence-corrected chi connectivity index (χ3v) is 4.68. The molecule has 0 saturated heterocycles. The van der Waals surface area contributed by atoms with Gasteiger partial charge in [-0.3, -0.25) is 0 Å². The first kappa shape index (κ1) is 20.2. The quantitative estimate of drug-likeness (QED) is 0.478. The van der Waals surface area contributed by atoms with Crippen molar-refractivity contribution in [3.63, 3.8) is 0 Å². The minimum atomic E-state index is -4.23. The van der Waals surface area contributed by atoms with E-state index in [2.05, 4.69) is 25.0 Å². The number of carbonyl (C=O) groups excluding carboxylic acids is 1. The van der Waals surface area contributed by atoms with Gasteiger partial charge in [0.2, 0.25) is 0 Å². The topological polar surface area (TPSA) is 89.9 Å². The van der Waals surface area contributed by atoms with E-state index in [1.807, 2.05) is 0 Å². The molecule has 2 atom stereocenters. The summed E-state index contributed by atoms with van der Waals surface area (Å²) in [6, 6.07) is 0. The molecule has 8 heteroatoms. The van der Waals surface area contributed by atoms with Crippen LogP contribution < -0.4 is 0 Å². The Bertz CT molecular complexity index is 422. The standard InChI is InChI=1S/C12H22O6S.Na.H/c1-9(2)12(3)6-4-5-10(7-12)17-11(14)18-19(15,16)8-13;;/h9-10,13H,4-8H2,1-3H3;;. The second-order valence-electron chi connectivity index (χ2n) is 5.67. The van der Waals surface area contributed by atoms with E-state index in [1.165, 1.54) is 0 Å². The summed E-state index contributed by atoms with van der Waals surface area (Å²) < 4.78 is 30.9. The molecule has 1 rings (SSSR count). The summed E-state index contributed by atoms with van der Waals surface area (Å²) in [4.78, 5) is 11.3. The van der Waals surface area contributed by atoms with Crippen molar-refractivity contribution in [3.05, 3.63) is 0 Å². The van der Waals surface area contributed by atoms with Crippen LogP contribution in [0.2, 0.25) is 0 Å². The van der Waals surface area contributed by atoms with Gasteiger partial charge in [-0.1, -0.05) is 20.8 Å². The van der Waals surface area contributed by atoms with Gasteiger partial charge in [-0.25, -0.2) is 4.79 Å². The Morgan fingerprint density at radius 2 is 2.05 bits per heavy atom. The van der Waals surface area contributed by atoms with Crippen LogP contribution in [-0.2, 0) is 19.0 Å². The van der Waals surface area contributed by atoms with Gasteiger partial charge in [-0.05, 0) is 37.0 Å². The van der Waals surface area contributed by atoms with Crippen LogP contribution in [0.5, 0.6) is 0 Å². The molecule has 1 aliphatic rings. The molecule has 1 N–H and O–H groups in total. The van der Waals surface area contributed by atoms with E-state index in [-0.39, 0.29) is 41.1 Å². The van der Waals surface area contributed by atoms with Crippen molar-refractivity contribution in [1.29, 1.82) is 0 Å². The van der Waals surface area contributed by atoms with E-state index >= 15 is 0 Å². The van der Waals surface area contributed by atoms with Crippen LogP contribution >= 0.6 is 0 Å². The zero-order chi connectivity index (χ0) is 14.7. The average molecular weight is 318 g/mol. The van der Waals surface area contributed by atoms with Crippen LogP contribution in [0.1, 0.15) is 46.5 Å². The van der Waals surface area contributed by atoms with Gasteiger partial charge >= 0.3 is 45.8 Å². The van der Waals surface area contributed by atoms with E-state index in [1.54, 1.807) is 0 Å². The molecule has 1 aliphatic carbocycles. The SMILES string of the molecule is CC(C)C1(C)CCCC(OC(=O)OS(=O)(=O)CO)C1.[NaH]. The van der Waals surface area contributed by atoms with Gasteiger partial charge in [0.25, 0.3) is 0 Å². The molecule has 6 nitrogen and oxygen atoms in total. The summed E-state index contributed by atoms with van der Waals surface area (Å²) in [6.07, 6.45) is 1.80. The minimum absolute atomic E-state index is 0. The fourth-order valence-corrected chi connectivity index (χ4v) is 2.67. The maximum absolute atomic E-state index is 11.3. The molecule has 0 amide bonds. The fourth-order valence-electron chi connectivity index (χ4n) is 2.37. The summed E-state index contributed by atoms with van der Waals surface area (Å²) >= 11 is 0. The normalized spacial score (nSPS) is 26.8. The van der Waals surface area contributed by atoms with E-state index in [4.69, 9.17) is 9.84 Å². The van der Waals surface area contributed by atoms with Crippen LogP contribution in [0.15, 0.2) is 0 Å². The summed E-state index contributed by atoms with van der Waals surface area (Å²) in [6.45, 7) is 6.39. The summed E-state index contributed by atoms with van der Waals surface area (Å²) in [5.41, 5.74) is 0.0824. The molecule has 0 aliphatic heterocycles. The number of aliphatic hydroxyl groups excluding tert-OH is 1. The van der Waals surface area contributed by atoms with Crippen molar-refractivity contribution >= 4 is 45.8 Å². The number of carbonyl (C=O) groups is 1. The first-order valence-electron chi connectivity index (χ1n) is 6.42. The van der Waals surface area contributed by atoms with Crippen molar-refractivity contribution in [2.75, 3.05) is 5.94 Å². The molecule has 0 spiro atoms. The number of hydrogen-bond donors (Lipinski definition) is 1. The first-order valence-corrected chi connectivity index (χ1v) is 8.00. The second kappa shape index (κ2) is 7.98. The van der Waals surface area contributed by atoms with Crippen LogP contribution in [0.3, 0.4) is 0 Å². The van der Waals surface area contributed by atoms with Gasteiger partial charge in [0, 0.05) is 0 Å². The molecule has 0 aromatic carbocycles. The zero-order valence-electron chi connectivity index (χ0n) is 11.6. The van der Waals surface area contributed by atoms with E-state index < -0.39 is 22.2 Å². The van der Waals surface area contributed by atoms with Crippen LogP contribution in [0, 0.1) is 11.3 Å². The molecule has 0 aromatic rings. The van der Waals surface area contributed by atoms with Crippen molar-refractivity contribution < 1.29 is 27.2 Å². The summed E-state index contributed by atoms with van der Waals surface area (Å²) in [7, 11) is -4.23. The van der Waals surface area contributed by atoms with Crippen LogP contribution in [0.25, 0.3) is 0 Å². The molecular weight excluding hydrogens is 295 g/mol. The average Bonchev–Trinajstić information content (AvgIpc) is 2.28. The van der Waals surface area contributed by atoms with E-state index in [0.717, 1.165) is 12.8 Å². The number of hydrogen-bond acceptors (Lipinski definition) is 6. The first-order chi connectivity index (χ1) is 8.68. The molecule has 0 radical (unpaired) electrons. The van der Waals surface area contributed by atoms with Gasteiger partial charge in [0.15, 0.2) is 5.94 Å². The predicted molar refractivity (Wildman–Crippen MR) is 75.9 cm³/mol. The number of aliphatic hydroxyl groups is 1. The Hall–Kier alpha value is 0.180.